The predicted molar refractivity (Wildman–Crippen MR) is 76.3 cm³/mol. The highest BCUT2D eigenvalue weighted by Gasteiger charge is 2.36. The van der Waals surface area contributed by atoms with Crippen molar-refractivity contribution < 1.29 is 19.1 Å². The molecule has 2 heterocycles. The molecular weight excluding hydrogens is 270 g/mol. The van der Waals surface area contributed by atoms with Gasteiger partial charge in [0.25, 0.3) is 5.91 Å². The molecule has 1 aliphatic carbocycles. The zero-order chi connectivity index (χ0) is 14.8. The first-order valence-electron chi connectivity index (χ1n) is 7.81. The van der Waals surface area contributed by atoms with Gasteiger partial charge in [-0.3, -0.25) is 4.79 Å². The van der Waals surface area contributed by atoms with Crippen LogP contribution < -0.4 is 0 Å². The third kappa shape index (κ3) is 2.82. The molecule has 1 saturated carbocycles. The molecule has 1 amide bonds. The summed E-state index contributed by atoms with van der Waals surface area (Å²) in [4.78, 5) is 25.3. The van der Waals surface area contributed by atoms with E-state index in [1.807, 2.05) is 4.90 Å². The Balaban J connectivity index is 1.74. The molecule has 2 fully saturated rings. The zero-order valence-electron chi connectivity index (χ0n) is 12.1. The van der Waals surface area contributed by atoms with E-state index in [9.17, 15) is 9.59 Å². The first-order valence-corrected chi connectivity index (χ1v) is 7.81. The molecule has 1 atom stereocenters. The van der Waals surface area contributed by atoms with Crippen molar-refractivity contribution in [2.24, 2.45) is 5.92 Å². The fraction of sp³-hybridized carbons (Fsp3) is 0.625. The molecule has 2 aliphatic rings. The summed E-state index contributed by atoms with van der Waals surface area (Å²) in [6.07, 6.45) is 8.31. The van der Waals surface area contributed by atoms with Crippen LogP contribution in [0.2, 0.25) is 0 Å². The summed E-state index contributed by atoms with van der Waals surface area (Å²) in [7, 11) is 0. The summed E-state index contributed by atoms with van der Waals surface area (Å²) in [5.41, 5.74) is 0. The van der Waals surface area contributed by atoms with Crippen LogP contribution >= 0.6 is 0 Å². The highest BCUT2D eigenvalue weighted by atomic mass is 16.4. The van der Waals surface area contributed by atoms with Gasteiger partial charge in [0, 0.05) is 12.6 Å². The molecule has 1 saturated heterocycles. The molecule has 0 unspecified atom stereocenters. The van der Waals surface area contributed by atoms with Gasteiger partial charge in [0.1, 0.15) is 0 Å². The van der Waals surface area contributed by atoms with Crippen LogP contribution in [-0.4, -0.2) is 34.5 Å². The monoisotopic (exact) mass is 291 g/mol. The van der Waals surface area contributed by atoms with E-state index in [-0.39, 0.29) is 17.4 Å². The molecule has 114 valence electrons. The third-order valence-electron chi connectivity index (χ3n) is 4.78. The fourth-order valence-electron chi connectivity index (χ4n) is 3.76. The Hall–Kier alpha value is -1.78. The lowest BCUT2D eigenvalue weighted by Gasteiger charge is -2.33. The van der Waals surface area contributed by atoms with Gasteiger partial charge >= 0.3 is 5.97 Å². The van der Waals surface area contributed by atoms with Crippen LogP contribution in [0.25, 0.3) is 0 Å². The smallest absolute Gasteiger partial charge is 0.371 e. The number of carboxylic acid groups (broad SMARTS) is 1. The number of likely N-dealkylation sites (tertiary alicyclic amines) is 1. The van der Waals surface area contributed by atoms with Gasteiger partial charge in [-0.05, 0) is 43.7 Å². The van der Waals surface area contributed by atoms with E-state index in [1.54, 1.807) is 0 Å². The summed E-state index contributed by atoms with van der Waals surface area (Å²) < 4.78 is 5.16. The van der Waals surface area contributed by atoms with Crippen LogP contribution in [0, 0.1) is 5.92 Å². The largest absolute Gasteiger partial charge is 0.475 e. The van der Waals surface area contributed by atoms with Crippen LogP contribution in [0.5, 0.6) is 0 Å². The van der Waals surface area contributed by atoms with Crippen molar-refractivity contribution in [3.05, 3.63) is 23.7 Å². The second-order valence-electron chi connectivity index (χ2n) is 6.08. The van der Waals surface area contributed by atoms with Gasteiger partial charge in [-0.15, -0.1) is 0 Å². The van der Waals surface area contributed by atoms with E-state index in [1.165, 1.54) is 44.2 Å². The van der Waals surface area contributed by atoms with Crippen molar-refractivity contribution in [1.29, 1.82) is 0 Å². The number of rotatable bonds is 3. The minimum absolute atomic E-state index is 0.148. The maximum atomic E-state index is 12.6. The molecule has 0 aromatic carbocycles. The number of carboxylic acids is 1. The lowest BCUT2D eigenvalue weighted by molar-refractivity contribution is 0.0611. The summed E-state index contributed by atoms with van der Waals surface area (Å²) in [6.45, 7) is 0.753. The topological polar surface area (TPSA) is 70.8 Å². The molecular formula is C16H21NO4. The van der Waals surface area contributed by atoms with E-state index in [2.05, 4.69) is 0 Å². The van der Waals surface area contributed by atoms with Crippen molar-refractivity contribution in [2.45, 2.75) is 51.0 Å². The quantitative estimate of drug-likeness (QED) is 0.928. The van der Waals surface area contributed by atoms with Gasteiger partial charge in [0.2, 0.25) is 5.76 Å². The molecule has 5 heteroatoms. The Morgan fingerprint density at radius 1 is 1.05 bits per heavy atom. The molecule has 1 aromatic rings. The standard InChI is InChI=1S/C16H21NO4/c18-15(13-8-9-14(21-13)16(19)20)17-10-4-7-12(17)11-5-2-1-3-6-11/h8-9,11-12H,1-7,10H2,(H,19,20)/t12-/m0/s1. The summed E-state index contributed by atoms with van der Waals surface area (Å²) in [5.74, 6) is -0.726. The Kier molecular flexibility index (Phi) is 3.99. The molecule has 0 radical (unpaired) electrons. The Bertz CT molecular complexity index is 530. The van der Waals surface area contributed by atoms with Crippen LogP contribution in [0.4, 0.5) is 0 Å². The van der Waals surface area contributed by atoms with E-state index < -0.39 is 5.97 Å². The molecule has 0 bridgehead atoms. The minimum atomic E-state index is -1.14. The Morgan fingerprint density at radius 2 is 1.76 bits per heavy atom. The van der Waals surface area contributed by atoms with Crippen LogP contribution in [0.15, 0.2) is 16.5 Å². The summed E-state index contributed by atoms with van der Waals surface area (Å²) in [5, 5.41) is 8.88. The summed E-state index contributed by atoms with van der Waals surface area (Å²) in [6, 6.07) is 3.12. The first kappa shape index (κ1) is 14.2. The second-order valence-corrected chi connectivity index (χ2v) is 6.08. The lowest BCUT2D eigenvalue weighted by Crippen LogP contribution is -2.40. The number of nitrogens with zero attached hydrogens (tertiary/aromatic N) is 1. The number of furan rings is 1. The van der Waals surface area contributed by atoms with E-state index in [4.69, 9.17) is 9.52 Å². The molecule has 21 heavy (non-hydrogen) atoms. The molecule has 1 aliphatic heterocycles. The van der Waals surface area contributed by atoms with Crippen LogP contribution in [0.1, 0.15) is 66.1 Å². The maximum absolute atomic E-state index is 12.6. The Morgan fingerprint density at radius 3 is 2.43 bits per heavy atom. The normalized spacial score (nSPS) is 23.4. The first-order chi connectivity index (χ1) is 10.2. The number of aromatic carboxylic acids is 1. The zero-order valence-corrected chi connectivity index (χ0v) is 12.1. The summed E-state index contributed by atoms with van der Waals surface area (Å²) >= 11 is 0. The number of hydrogen-bond donors (Lipinski definition) is 1. The van der Waals surface area contributed by atoms with Gasteiger partial charge in [0.15, 0.2) is 5.76 Å². The van der Waals surface area contributed by atoms with E-state index in [0.717, 1.165) is 19.4 Å². The van der Waals surface area contributed by atoms with Gasteiger partial charge in [-0.1, -0.05) is 19.3 Å². The average molecular weight is 291 g/mol. The van der Waals surface area contributed by atoms with Crippen molar-refractivity contribution in [3.8, 4) is 0 Å². The number of hydrogen-bond acceptors (Lipinski definition) is 3. The average Bonchev–Trinajstić information content (AvgIpc) is 3.17. The van der Waals surface area contributed by atoms with E-state index >= 15 is 0 Å². The van der Waals surface area contributed by atoms with Crippen molar-refractivity contribution >= 4 is 11.9 Å². The van der Waals surface area contributed by atoms with Crippen molar-refractivity contribution in [3.63, 3.8) is 0 Å². The highest BCUT2D eigenvalue weighted by molar-refractivity contribution is 5.93. The molecule has 0 spiro atoms. The Labute approximate surface area is 123 Å². The molecule has 1 N–H and O–H groups in total. The van der Waals surface area contributed by atoms with Crippen LogP contribution in [0.3, 0.4) is 0 Å². The van der Waals surface area contributed by atoms with Gasteiger partial charge in [0.05, 0.1) is 0 Å². The number of carbonyl (C=O) groups is 2. The van der Waals surface area contributed by atoms with Gasteiger partial charge < -0.3 is 14.4 Å². The van der Waals surface area contributed by atoms with Gasteiger partial charge in [-0.2, -0.15) is 0 Å². The fourth-order valence-corrected chi connectivity index (χ4v) is 3.76. The molecule has 5 nitrogen and oxygen atoms in total. The minimum Gasteiger partial charge on any atom is -0.475 e. The molecule has 3 rings (SSSR count). The van der Waals surface area contributed by atoms with Gasteiger partial charge in [-0.25, -0.2) is 4.79 Å². The van der Waals surface area contributed by atoms with Crippen LogP contribution in [-0.2, 0) is 0 Å². The molecule has 1 aromatic heterocycles. The van der Waals surface area contributed by atoms with E-state index in [0.29, 0.717) is 12.0 Å². The van der Waals surface area contributed by atoms with Crippen molar-refractivity contribution in [2.75, 3.05) is 6.54 Å². The number of amides is 1. The lowest BCUT2D eigenvalue weighted by atomic mass is 9.83. The maximum Gasteiger partial charge on any atom is 0.371 e. The number of carbonyl (C=O) groups excluding carboxylic acids is 1. The predicted octanol–water partition coefficient (Wildman–Crippen LogP) is 3.16. The third-order valence-corrected chi connectivity index (χ3v) is 4.78. The van der Waals surface area contributed by atoms with Crippen molar-refractivity contribution in [1.82, 2.24) is 4.90 Å². The second kappa shape index (κ2) is 5.92. The highest BCUT2D eigenvalue weighted by Crippen LogP contribution is 2.35. The SMILES string of the molecule is O=C(O)c1ccc(C(=O)N2CCC[C@H]2C2CCCCC2)o1.